The Kier molecular flexibility index (Phi) is 4.16. The van der Waals surface area contributed by atoms with Gasteiger partial charge in [0.15, 0.2) is 0 Å². The van der Waals surface area contributed by atoms with Gasteiger partial charge in [0.05, 0.1) is 16.3 Å². The highest BCUT2D eigenvalue weighted by molar-refractivity contribution is 7.92. The number of hydrogen-bond acceptors (Lipinski definition) is 4. The van der Waals surface area contributed by atoms with Crippen molar-refractivity contribution in [2.24, 2.45) is 0 Å². The van der Waals surface area contributed by atoms with Gasteiger partial charge in [-0.3, -0.25) is 19.2 Å². The summed E-state index contributed by atoms with van der Waals surface area (Å²) in [7, 11) is -3.81. The average molecular weight is 380 g/mol. The van der Waals surface area contributed by atoms with Gasteiger partial charge in [-0.2, -0.15) is 0 Å². The van der Waals surface area contributed by atoms with Gasteiger partial charge < -0.3 is 0 Å². The average Bonchev–Trinajstić information content (AvgIpc) is 3.00. The van der Waals surface area contributed by atoms with Gasteiger partial charge in [-0.15, -0.1) is 0 Å². The van der Waals surface area contributed by atoms with Gasteiger partial charge in [-0.25, -0.2) is 8.42 Å². The fraction of sp³-hybridized carbons (Fsp3) is 0.100. The van der Waals surface area contributed by atoms with Crippen molar-refractivity contribution in [1.29, 1.82) is 0 Å². The van der Waals surface area contributed by atoms with E-state index >= 15 is 0 Å². The van der Waals surface area contributed by atoms with E-state index in [2.05, 4.69) is 4.72 Å². The minimum atomic E-state index is -3.81. The van der Waals surface area contributed by atoms with Crippen LogP contribution in [-0.4, -0.2) is 20.2 Å². The lowest BCUT2D eigenvalue weighted by Gasteiger charge is -2.15. The number of amides is 2. The van der Waals surface area contributed by atoms with Crippen molar-refractivity contribution in [2.75, 3.05) is 9.62 Å². The van der Waals surface area contributed by atoms with Crippen molar-refractivity contribution in [3.05, 3.63) is 66.7 Å². The largest absolute Gasteiger partial charge is 0.279 e. The van der Waals surface area contributed by atoms with E-state index in [0.29, 0.717) is 11.4 Å². The molecule has 6 nitrogen and oxygen atoms in total. The number of benzene rings is 3. The van der Waals surface area contributed by atoms with Crippen LogP contribution >= 0.6 is 0 Å². The van der Waals surface area contributed by atoms with Crippen LogP contribution in [0.25, 0.3) is 10.8 Å². The molecule has 0 unspecified atom stereocenters. The molecule has 27 heavy (non-hydrogen) atoms. The van der Waals surface area contributed by atoms with E-state index in [1.807, 2.05) is 30.3 Å². The normalized spacial score (nSPS) is 14.7. The lowest BCUT2D eigenvalue weighted by molar-refractivity contribution is -0.121. The predicted octanol–water partition coefficient (Wildman–Crippen LogP) is 3.29. The van der Waals surface area contributed by atoms with E-state index in [0.717, 1.165) is 15.7 Å². The number of anilines is 2. The highest BCUT2D eigenvalue weighted by Crippen LogP contribution is 2.27. The van der Waals surface area contributed by atoms with Gasteiger partial charge in [-0.1, -0.05) is 36.4 Å². The zero-order valence-electron chi connectivity index (χ0n) is 14.3. The molecule has 0 bridgehead atoms. The second-order valence-electron chi connectivity index (χ2n) is 6.25. The Morgan fingerprint density at radius 2 is 1.41 bits per heavy atom. The van der Waals surface area contributed by atoms with Crippen LogP contribution in [-0.2, 0) is 19.6 Å². The van der Waals surface area contributed by atoms with Crippen molar-refractivity contribution in [1.82, 2.24) is 0 Å². The van der Waals surface area contributed by atoms with E-state index in [-0.39, 0.29) is 29.6 Å². The number of rotatable bonds is 4. The Morgan fingerprint density at radius 3 is 2.11 bits per heavy atom. The number of nitrogens with one attached hydrogen (secondary N) is 1. The van der Waals surface area contributed by atoms with Crippen LogP contribution in [0.2, 0.25) is 0 Å². The van der Waals surface area contributed by atoms with Gasteiger partial charge in [0, 0.05) is 18.2 Å². The van der Waals surface area contributed by atoms with Gasteiger partial charge >= 0.3 is 0 Å². The quantitative estimate of drug-likeness (QED) is 0.704. The molecule has 0 saturated carbocycles. The van der Waals surface area contributed by atoms with Crippen molar-refractivity contribution >= 4 is 44.0 Å². The van der Waals surface area contributed by atoms with E-state index in [4.69, 9.17) is 0 Å². The first-order valence-corrected chi connectivity index (χ1v) is 9.90. The number of imide groups is 1. The summed E-state index contributed by atoms with van der Waals surface area (Å²) in [6.07, 6.45) is 0.364. The summed E-state index contributed by atoms with van der Waals surface area (Å²) in [5, 5.41) is 1.73. The second kappa shape index (κ2) is 6.51. The third-order valence-electron chi connectivity index (χ3n) is 4.49. The minimum absolute atomic E-state index is 0.0540. The first-order chi connectivity index (χ1) is 13.0. The molecule has 7 heteroatoms. The van der Waals surface area contributed by atoms with Crippen LogP contribution in [0.5, 0.6) is 0 Å². The summed E-state index contributed by atoms with van der Waals surface area (Å²) in [5.41, 5.74) is 0.869. The van der Waals surface area contributed by atoms with E-state index in [1.54, 1.807) is 12.1 Å². The SMILES string of the molecule is O=C1CCC(=O)N1c1ccc(S(=O)(=O)Nc2cccc3ccccc23)cc1. The maximum Gasteiger partial charge on any atom is 0.261 e. The first kappa shape index (κ1) is 17.2. The molecule has 1 heterocycles. The molecule has 1 aliphatic heterocycles. The molecule has 0 aliphatic carbocycles. The van der Waals surface area contributed by atoms with E-state index < -0.39 is 10.0 Å². The van der Waals surface area contributed by atoms with Gasteiger partial charge in [0.2, 0.25) is 11.8 Å². The number of hydrogen-bond donors (Lipinski definition) is 1. The van der Waals surface area contributed by atoms with E-state index in [9.17, 15) is 18.0 Å². The summed E-state index contributed by atoms with van der Waals surface area (Å²) < 4.78 is 28.1. The number of nitrogens with zero attached hydrogens (tertiary/aromatic N) is 1. The molecule has 136 valence electrons. The highest BCUT2D eigenvalue weighted by Gasteiger charge is 2.30. The molecule has 3 aromatic rings. The summed E-state index contributed by atoms with van der Waals surface area (Å²) in [6, 6.07) is 18.6. The molecular weight excluding hydrogens is 364 g/mol. The van der Waals surface area contributed by atoms with Crippen molar-refractivity contribution < 1.29 is 18.0 Å². The van der Waals surface area contributed by atoms with Crippen molar-refractivity contribution in [3.8, 4) is 0 Å². The lowest BCUT2D eigenvalue weighted by Crippen LogP contribution is -2.28. The Bertz CT molecular complexity index is 1130. The van der Waals surface area contributed by atoms with Crippen LogP contribution < -0.4 is 9.62 Å². The Balaban J connectivity index is 1.64. The summed E-state index contributed by atoms with van der Waals surface area (Å²) in [5.74, 6) is -0.547. The predicted molar refractivity (Wildman–Crippen MR) is 103 cm³/mol. The van der Waals surface area contributed by atoms with Crippen LogP contribution in [0.15, 0.2) is 71.6 Å². The number of sulfonamides is 1. The third kappa shape index (κ3) is 3.17. The minimum Gasteiger partial charge on any atom is -0.279 e. The van der Waals surface area contributed by atoms with E-state index in [1.165, 1.54) is 24.3 Å². The lowest BCUT2D eigenvalue weighted by atomic mass is 10.1. The fourth-order valence-electron chi connectivity index (χ4n) is 3.16. The molecule has 0 spiro atoms. The fourth-order valence-corrected chi connectivity index (χ4v) is 4.24. The Labute approximate surface area is 156 Å². The number of fused-ring (bicyclic) bond motifs is 1. The number of carbonyl (C=O) groups is 2. The van der Waals surface area contributed by atoms with Crippen LogP contribution in [0.4, 0.5) is 11.4 Å². The molecule has 2 amide bonds. The van der Waals surface area contributed by atoms with Gasteiger partial charge in [0.25, 0.3) is 10.0 Å². The van der Waals surface area contributed by atoms with Gasteiger partial charge in [0.1, 0.15) is 0 Å². The third-order valence-corrected chi connectivity index (χ3v) is 5.87. The molecule has 0 atom stereocenters. The van der Waals surface area contributed by atoms with Gasteiger partial charge in [-0.05, 0) is 35.7 Å². The summed E-state index contributed by atoms with van der Waals surface area (Å²) in [6.45, 7) is 0. The first-order valence-electron chi connectivity index (χ1n) is 8.42. The number of carbonyl (C=O) groups excluding carboxylic acids is 2. The molecule has 1 fully saturated rings. The maximum atomic E-state index is 12.7. The van der Waals surface area contributed by atoms with Crippen molar-refractivity contribution in [2.45, 2.75) is 17.7 Å². The molecule has 0 aromatic heterocycles. The maximum absolute atomic E-state index is 12.7. The Hall–Kier alpha value is -3.19. The molecular formula is C20H16N2O4S. The standard InChI is InChI=1S/C20H16N2O4S/c23-19-12-13-20(24)22(19)15-8-10-16(11-9-15)27(25,26)21-18-7-3-5-14-4-1-2-6-17(14)18/h1-11,21H,12-13H2. The van der Waals surface area contributed by atoms with Crippen LogP contribution in [0.3, 0.4) is 0 Å². The summed E-state index contributed by atoms with van der Waals surface area (Å²) in [4.78, 5) is 24.8. The van der Waals surface area contributed by atoms with Crippen LogP contribution in [0.1, 0.15) is 12.8 Å². The second-order valence-corrected chi connectivity index (χ2v) is 7.93. The smallest absolute Gasteiger partial charge is 0.261 e. The molecule has 1 saturated heterocycles. The molecule has 4 rings (SSSR count). The monoisotopic (exact) mass is 380 g/mol. The molecule has 1 aliphatic rings. The molecule has 0 radical (unpaired) electrons. The Morgan fingerprint density at radius 1 is 0.778 bits per heavy atom. The molecule has 1 N–H and O–H groups in total. The van der Waals surface area contributed by atoms with Crippen molar-refractivity contribution in [3.63, 3.8) is 0 Å². The molecule has 3 aromatic carbocycles. The zero-order valence-corrected chi connectivity index (χ0v) is 15.1. The summed E-state index contributed by atoms with van der Waals surface area (Å²) >= 11 is 0. The topological polar surface area (TPSA) is 83.6 Å². The highest BCUT2D eigenvalue weighted by atomic mass is 32.2. The zero-order chi connectivity index (χ0) is 19.0. The van der Waals surface area contributed by atoms with Crippen LogP contribution in [0, 0.1) is 0 Å².